The quantitative estimate of drug-likeness (QED) is 0.480. The van der Waals surface area contributed by atoms with Crippen LogP contribution in [0.3, 0.4) is 0 Å². The number of ether oxygens (including phenoxy) is 1. The summed E-state index contributed by atoms with van der Waals surface area (Å²) in [5.41, 5.74) is 4.80. The molecule has 2 aromatic heterocycles. The minimum atomic E-state index is -0.0562. The number of morpholine rings is 1. The Labute approximate surface area is 207 Å². The number of benzene rings is 1. The third kappa shape index (κ3) is 4.56. The van der Waals surface area contributed by atoms with Crippen molar-refractivity contribution in [3.8, 4) is 0 Å². The average molecular weight is 492 g/mol. The van der Waals surface area contributed by atoms with E-state index < -0.39 is 0 Å². The molecular formula is C25H26ClN7O2. The highest BCUT2D eigenvalue weighted by Gasteiger charge is 2.24. The maximum absolute atomic E-state index is 11.8. The Morgan fingerprint density at radius 2 is 2.06 bits per heavy atom. The van der Waals surface area contributed by atoms with Crippen LogP contribution in [-0.4, -0.2) is 52.9 Å². The molecule has 1 amide bonds. The first-order chi connectivity index (χ1) is 17.0. The highest BCUT2D eigenvalue weighted by molar-refractivity contribution is 6.33. The molecule has 2 aliphatic heterocycles. The van der Waals surface area contributed by atoms with Gasteiger partial charge in [0, 0.05) is 42.1 Å². The number of carbonyl (C=O) groups excluding carboxylic acids is 1. The number of hydrogen-bond acceptors (Lipinski definition) is 7. The number of anilines is 4. The zero-order valence-electron chi connectivity index (χ0n) is 19.2. The predicted octanol–water partition coefficient (Wildman–Crippen LogP) is 3.95. The van der Waals surface area contributed by atoms with Crippen LogP contribution in [0.1, 0.15) is 24.8 Å². The van der Waals surface area contributed by atoms with Crippen LogP contribution in [0.5, 0.6) is 0 Å². The number of carbonyl (C=O) groups is 1. The third-order valence-electron chi connectivity index (χ3n) is 6.38. The van der Waals surface area contributed by atoms with Crippen LogP contribution in [-0.2, 0) is 9.53 Å². The predicted molar refractivity (Wildman–Crippen MR) is 137 cm³/mol. The lowest BCUT2D eigenvalue weighted by Crippen LogP contribution is -2.36. The monoisotopic (exact) mass is 491 g/mol. The summed E-state index contributed by atoms with van der Waals surface area (Å²) in [5.74, 6) is 1.45. The Bertz CT molecular complexity index is 1360. The van der Waals surface area contributed by atoms with E-state index in [0.29, 0.717) is 34.6 Å². The molecule has 180 valence electrons. The molecule has 0 spiro atoms. The van der Waals surface area contributed by atoms with Gasteiger partial charge in [0.15, 0.2) is 5.65 Å². The topological polar surface area (TPSA) is 95.8 Å². The van der Waals surface area contributed by atoms with Crippen LogP contribution in [0.25, 0.3) is 11.7 Å². The lowest BCUT2D eigenvalue weighted by atomic mass is 10.1. The van der Waals surface area contributed by atoms with E-state index >= 15 is 0 Å². The highest BCUT2D eigenvalue weighted by Crippen LogP contribution is 2.33. The van der Waals surface area contributed by atoms with Crippen molar-refractivity contribution < 1.29 is 9.53 Å². The van der Waals surface area contributed by atoms with E-state index in [1.807, 2.05) is 24.3 Å². The van der Waals surface area contributed by atoms with Crippen LogP contribution >= 0.6 is 11.6 Å². The summed E-state index contributed by atoms with van der Waals surface area (Å²) in [6, 6.07) is 8.40. The molecule has 1 saturated carbocycles. The van der Waals surface area contributed by atoms with E-state index in [9.17, 15) is 4.79 Å². The second-order valence-electron chi connectivity index (χ2n) is 9.04. The molecule has 3 aliphatic rings. The molecule has 10 heteroatoms. The number of allylic oxidation sites excluding steroid dienone is 1. The lowest BCUT2D eigenvalue weighted by molar-refractivity contribution is -0.118. The fourth-order valence-electron chi connectivity index (χ4n) is 4.35. The number of aromatic nitrogens is 3. The summed E-state index contributed by atoms with van der Waals surface area (Å²) in [6.07, 6.45) is 6.24. The summed E-state index contributed by atoms with van der Waals surface area (Å²) < 4.78 is 7.25. The number of halogens is 1. The van der Waals surface area contributed by atoms with Crippen molar-refractivity contribution in [2.45, 2.75) is 25.3 Å². The third-order valence-corrected chi connectivity index (χ3v) is 6.69. The molecule has 3 aromatic rings. The van der Waals surface area contributed by atoms with Gasteiger partial charge in [-0.25, -0.2) is 4.98 Å². The fraction of sp³-hybridized carbons (Fsp3) is 0.320. The minimum absolute atomic E-state index is 0.0562. The Kier molecular flexibility index (Phi) is 5.58. The van der Waals surface area contributed by atoms with Gasteiger partial charge in [-0.05, 0) is 42.7 Å². The van der Waals surface area contributed by atoms with Crippen molar-refractivity contribution in [3.05, 3.63) is 58.9 Å². The number of fused-ring (bicyclic) bond motifs is 1. The van der Waals surface area contributed by atoms with Crippen molar-refractivity contribution in [2.24, 2.45) is 0 Å². The van der Waals surface area contributed by atoms with Crippen LogP contribution in [0, 0.1) is 0 Å². The van der Waals surface area contributed by atoms with Gasteiger partial charge in [0.25, 0.3) is 0 Å². The molecule has 0 atom stereocenters. The second kappa shape index (κ2) is 8.90. The van der Waals surface area contributed by atoms with Gasteiger partial charge >= 0.3 is 0 Å². The van der Waals surface area contributed by atoms with Crippen molar-refractivity contribution in [1.82, 2.24) is 19.9 Å². The normalized spacial score (nSPS) is 19.5. The molecular weight excluding hydrogens is 466 g/mol. The molecule has 6 rings (SSSR count). The number of rotatable bonds is 6. The van der Waals surface area contributed by atoms with Gasteiger partial charge in [-0.15, -0.1) is 0 Å². The number of nitrogens with one attached hydrogen (secondary N) is 3. The molecule has 35 heavy (non-hydrogen) atoms. The number of amides is 1. The molecule has 0 unspecified atom stereocenters. The van der Waals surface area contributed by atoms with Crippen molar-refractivity contribution in [1.29, 1.82) is 0 Å². The molecule has 1 aliphatic carbocycles. The van der Waals surface area contributed by atoms with Gasteiger partial charge < -0.3 is 25.6 Å². The minimum Gasteiger partial charge on any atom is -0.378 e. The van der Waals surface area contributed by atoms with Gasteiger partial charge in [0.2, 0.25) is 5.91 Å². The number of hydrogen-bond donors (Lipinski definition) is 3. The first-order valence-corrected chi connectivity index (χ1v) is 12.2. The van der Waals surface area contributed by atoms with Crippen LogP contribution in [0.15, 0.2) is 48.3 Å². The van der Waals surface area contributed by atoms with E-state index in [2.05, 4.69) is 38.6 Å². The molecule has 0 bridgehead atoms. The Morgan fingerprint density at radius 3 is 2.77 bits per heavy atom. The van der Waals surface area contributed by atoms with Gasteiger partial charge in [-0.3, -0.25) is 4.79 Å². The van der Waals surface area contributed by atoms with Gasteiger partial charge in [0.1, 0.15) is 11.6 Å². The van der Waals surface area contributed by atoms with E-state index in [1.165, 1.54) is 0 Å². The van der Waals surface area contributed by atoms with Crippen LogP contribution in [0.4, 0.5) is 23.0 Å². The largest absolute Gasteiger partial charge is 0.378 e. The zero-order valence-corrected chi connectivity index (χ0v) is 19.9. The molecule has 9 nitrogen and oxygen atoms in total. The second-order valence-corrected chi connectivity index (χ2v) is 9.45. The van der Waals surface area contributed by atoms with Crippen LogP contribution < -0.4 is 20.9 Å². The first kappa shape index (κ1) is 21.9. The average Bonchev–Trinajstić information content (AvgIpc) is 3.49. The van der Waals surface area contributed by atoms with Crippen molar-refractivity contribution in [3.63, 3.8) is 0 Å². The molecule has 0 radical (unpaired) electrons. The van der Waals surface area contributed by atoms with E-state index in [0.717, 1.165) is 67.5 Å². The van der Waals surface area contributed by atoms with Gasteiger partial charge in [-0.2, -0.15) is 9.61 Å². The van der Waals surface area contributed by atoms with Gasteiger partial charge in [0.05, 0.1) is 36.5 Å². The summed E-state index contributed by atoms with van der Waals surface area (Å²) in [4.78, 5) is 18.9. The molecule has 2 saturated heterocycles. The maximum Gasteiger partial charge on any atom is 0.228 e. The Morgan fingerprint density at radius 1 is 1.23 bits per heavy atom. The highest BCUT2D eigenvalue weighted by atomic mass is 35.5. The maximum atomic E-state index is 11.8. The molecule has 1 aromatic carbocycles. The molecule has 4 heterocycles. The van der Waals surface area contributed by atoms with Gasteiger partial charge in [-0.1, -0.05) is 18.2 Å². The lowest BCUT2D eigenvalue weighted by Gasteiger charge is -2.29. The Hall–Kier alpha value is -3.56. The van der Waals surface area contributed by atoms with E-state index in [4.69, 9.17) is 21.3 Å². The summed E-state index contributed by atoms with van der Waals surface area (Å²) in [5, 5.41) is 14.9. The summed E-state index contributed by atoms with van der Waals surface area (Å²) >= 11 is 6.66. The fourth-order valence-corrected chi connectivity index (χ4v) is 4.57. The van der Waals surface area contributed by atoms with E-state index in [1.54, 1.807) is 10.7 Å². The van der Waals surface area contributed by atoms with Crippen molar-refractivity contribution in [2.75, 3.05) is 41.8 Å². The molecule has 3 fully saturated rings. The zero-order chi connectivity index (χ0) is 23.9. The standard InChI is InChI=1S/C25H26ClN7O2/c1-15-16(11-24(34)28-15)10-17-14-27-33-23(29-18-2-3-18)13-22(31-25(17)33)30-21-5-4-19(12-20(21)26)32-6-8-35-9-7-32/h4-5,10,12-14,18,29H,1-3,6-9,11H2,(H,28,34)(H,30,31)/b16-10+. The smallest absolute Gasteiger partial charge is 0.228 e. The Balaban J connectivity index is 1.34. The van der Waals surface area contributed by atoms with E-state index in [-0.39, 0.29) is 5.91 Å². The van der Waals surface area contributed by atoms with Crippen LogP contribution in [0.2, 0.25) is 5.02 Å². The molecule has 3 N–H and O–H groups in total. The number of nitrogens with zero attached hydrogens (tertiary/aromatic N) is 4. The first-order valence-electron chi connectivity index (χ1n) is 11.8. The summed E-state index contributed by atoms with van der Waals surface area (Å²) in [7, 11) is 0. The SMILES string of the molecule is C=C1NC(=O)C/C1=C\c1cnn2c(NC3CC3)cc(Nc3ccc(N4CCOCC4)cc3Cl)nc12. The van der Waals surface area contributed by atoms with Crippen molar-refractivity contribution >= 4 is 52.2 Å². The summed E-state index contributed by atoms with van der Waals surface area (Å²) in [6.45, 7) is 7.09.